The standard InChI is InChI=1S/C21H32N2O3/c1-6-7-8-19(24)22-16-9-10-17-18(13-16)26-14-21(4,5)20(25)23(17)12-11-15(2)3/h9-10,13,15H,6-8,11-12,14H2,1-5H3,(H,22,24). The molecule has 144 valence electrons. The number of carbonyl (C=O) groups excluding carboxylic acids is 2. The summed E-state index contributed by atoms with van der Waals surface area (Å²) in [5, 5.41) is 2.92. The average Bonchev–Trinajstić information content (AvgIpc) is 2.67. The third-order valence-corrected chi connectivity index (χ3v) is 4.63. The number of hydrogen-bond acceptors (Lipinski definition) is 3. The van der Waals surface area contributed by atoms with Gasteiger partial charge >= 0.3 is 0 Å². The monoisotopic (exact) mass is 360 g/mol. The van der Waals surface area contributed by atoms with Crippen molar-refractivity contribution in [2.24, 2.45) is 11.3 Å². The molecule has 2 amide bonds. The minimum absolute atomic E-state index is 0.00786. The van der Waals surface area contributed by atoms with Crippen molar-refractivity contribution in [3.63, 3.8) is 0 Å². The normalized spacial score (nSPS) is 16.1. The van der Waals surface area contributed by atoms with E-state index in [1.54, 1.807) is 0 Å². The fraction of sp³-hybridized carbons (Fsp3) is 0.619. The lowest BCUT2D eigenvalue weighted by Gasteiger charge is -2.28. The maximum Gasteiger partial charge on any atom is 0.236 e. The molecule has 0 spiro atoms. The van der Waals surface area contributed by atoms with Gasteiger partial charge in [-0.2, -0.15) is 0 Å². The molecule has 0 radical (unpaired) electrons. The van der Waals surface area contributed by atoms with Crippen molar-refractivity contribution in [1.29, 1.82) is 0 Å². The molecule has 1 aliphatic heterocycles. The van der Waals surface area contributed by atoms with Gasteiger partial charge in [-0.1, -0.05) is 27.2 Å². The summed E-state index contributed by atoms with van der Waals surface area (Å²) >= 11 is 0. The van der Waals surface area contributed by atoms with E-state index in [-0.39, 0.29) is 11.8 Å². The van der Waals surface area contributed by atoms with E-state index in [0.717, 1.165) is 24.9 Å². The summed E-state index contributed by atoms with van der Waals surface area (Å²) < 4.78 is 5.96. The Bertz CT molecular complexity index is 653. The van der Waals surface area contributed by atoms with Gasteiger partial charge in [-0.15, -0.1) is 0 Å². The highest BCUT2D eigenvalue weighted by Gasteiger charge is 2.37. The lowest BCUT2D eigenvalue weighted by atomic mass is 9.92. The van der Waals surface area contributed by atoms with Crippen molar-refractivity contribution in [3.05, 3.63) is 18.2 Å². The lowest BCUT2D eigenvalue weighted by molar-refractivity contribution is -0.127. The molecule has 1 heterocycles. The maximum absolute atomic E-state index is 13.0. The predicted molar refractivity (Wildman–Crippen MR) is 106 cm³/mol. The highest BCUT2D eigenvalue weighted by atomic mass is 16.5. The van der Waals surface area contributed by atoms with Gasteiger partial charge in [0.1, 0.15) is 12.4 Å². The molecule has 26 heavy (non-hydrogen) atoms. The van der Waals surface area contributed by atoms with Gasteiger partial charge in [-0.05, 0) is 44.7 Å². The molecular formula is C21H32N2O3. The van der Waals surface area contributed by atoms with Crippen molar-refractivity contribution in [2.75, 3.05) is 23.4 Å². The number of unbranched alkanes of at least 4 members (excludes halogenated alkanes) is 1. The number of hydrogen-bond donors (Lipinski definition) is 1. The summed E-state index contributed by atoms with van der Waals surface area (Å²) in [6, 6.07) is 5.56. The van der Waals surface area contributed by atoms with E-state index < -0.39 is 5.41 Å². The van der Waals surface area contributed by atoms with Crippen LogP contribution in [-0.4, -0.2) is 25.0 Å². The molecule has 1 aliphatic rings. The highest BCUT2D eigenvalue weighted by Crippen LogP contribution is 2.38. The first-order valence-electron chi connectivity index (χ1n) is 9.63. The number of anilines is 2. The largest absolute Gasteiger partial charge is 0.490 e. The molecule has 0 atom stereocenters. The minimum atomic E-state index is -0.583. The van der Waals surface area contributed by atoms with Gasteiger partial charge in [0.2, 0.25) is 11.8 Å². The minimum Gasteiger partial charge on any atom is -0.490 e. The molecule has 5 nitrogen and oxygen atoms in total. The maximum atomic E-state index is 13.0. The molecule has 0 aromatic heterocycles. The number of nitrogens with one attached hydrogen (secondary N) is 1. The second kappa shape index (κ2) is 8.56. The fourth-order valence-electron chi connectivity index (χ4n) is 2.90. The smallest absolute Gasteiger partial charge is 0.236 e. The average molecular weight is 360 g/mol. The van der Waals surface area contributed by atoms with Gasteiger partial charge in [0, 0.05) is 24.7 Å². The topological polar surface area (TPSA) is 58.6 Å². The number of rotatable bonds is 7. The Morgan fingerprint density at radius 2 is 2.08 bits per heavy atom. The molecule has 0 unspecified atom stereocenters. The third kappa shape index (κ3) is 4.99. The van der Waals surface area contributed by atoms with Gasteiger partial charge in [-0.3, -0.25) is 9.59 Å². The van der Waals surface area contributed by atoms with E-state index in [9.17, 15) is 9.59 Å². The van der Waals surface area contributed by atoms with Gasteiger partial charge < -0.3 is 15.0 Å². The Morgan fingerprint density at radius 1 is 1.35 bits per heavy atom. The number of ether oxygens (including phenoxy) is 1. The molecule has 0 saturated heterocycles. The summed E-state index contributed by atoms with van der Waals surface area (Å²) in [6.07, 6.45) is 3.30. The third-order valence-electron chi connectivity index (χ3n) is 4.63. The Balaban J connectivity index is 2.26. The molecule has 5 heteroatoms. The van der Waals surface area contributed by atoms with Crippen molar-refractivity contribution in [2.45, 2.75) is 60.3 Å². The quantitative estimate of drug-likeness (QED) is 0.772. The van der Waals surface area contributed by atoms with Crippen molar-refractivity contribution in [1.82, 2.24) is 0 Å². The Hall–Kier alpha value is -2.04. The van der Waals surface area contributed by atoms with E-state index in [4.69, 9.17) is 4.74 Å². The lowest BCUT2D eigenvalue weighted by Crippen LogP contribution is -2.42. The molecule has 1 aromatic carbocycles. The van der Waals surface area contributed by atoms with E-state index in [0.29, 0.717) is 36.9 Å². The van der Waals surface area contributed by atoms with Crippen LogP contribution in [0.1, 0.15) is 60.3 Å². The van der Waals surface area contributed by atoms with E-state index >= 15 is 0 Å². The second-order valence-corrected chi connectivity index (χ2v) is 8.15. The van der Waals surface area contributed by atoms with Crippen LogP contribution in [0.25, 0.3) is 0 Å². The first kappa shape index (κ1) is 20.3. The van der Waals surface area contributed by atoms with Crippen LogP contribution in [0.3, 0.4) is 0 Å². The molecule has 0 saturated carbocycles. The van der Waals surface area contributed by atoms with E-state index in [1.807, 2.05) is 36.9 Å². The second-order valence-electron chi connectivity index (χ2n) is 8.15. The van der Waals surface area contributed by atoms with E-state index in [2.05, 4.69) is 26.1 Å². The van der Waals surface area contributed by atoms with Gasteiger partial charge in [0.25, 0.3) is 0 Å². The van der Waals surface area contributed by atoms with Crippen LogP contribution >= 0.6 is 0 Å². The summed E-state index contributed by atoms with van der Waals surface area (Å²) in [5.41, 5.74) is 0.911. The molecule has 0 aliphatic carbocycles. The van der Waals surface area contributed by atoms with E-state index in [1.165, 1.54) is 0 Å². The molecule has 1 aromatic rings. The number of fused-ring (bicyclic) bond motifs is 1. The van der Waals surface area contributed by atoms with Crippen LogP contribution in [0.5, 0.6) is 5.75 Å². The SMILES string of the molecule is CCCCC(=O)Nc1ccc2c(c1)OCC(C)(C)C(=O)N2CCC(C)C. The van der Waals surface area contributed by atoms with Crippen LogP contribution in [0.4, 0.5) is 11.4 Å². The molecule has 0 fully saturated rings. The van der Waals surface area contributed by atoms with Crippen LogP contribution in [0, 0.1) is 11.3 Å². The zero-order valence-electron chi connectivity index (χ0n) is 16.7. The van der Waals surface area contributed by atoms with Crippen molar-refractivity contribution in [3.8, 4) is 5.75 Å². The van der Waals surface area contributed by atoms with Gasteiger partial charge in [-0.25, -0.2) is 0 Å². The van der Waals surface area contributed by atoms with Crippen molar-refractivity contribution < 1.29 is 14.3 Å². The summed E-state index contributed by atoms with van der Waals surface area (Å²) in [6.45, 7) is 11.2. The van der Waals surface area contributed by atoms with Gasteiger partial charge in [0.15, 0.2) is 0 Å². The number of benzene rings is 1. The fourth-order valence-corrected chi connectivity index (χ4v) is 2.90. The van der Waals surface area contributed by atoms with Crippen molar-refractivity contribution >= 4 is 23.2 Å². The number of amides is 2. The predicted octanol–water partition coefficient (Wildman–Crippen LogP) is 4.61. The van der Waals surface area contributed by atoms with Crippen LogP contribution in [0.15, 0.2) is 18.2 Å². The zero-order valence-corrected chi connectivity index (χ0v) is 16.7. The van der Waals surface area contributed by atoms with Gasteiger partial charge in [0.05, 0.1) is 11.1 Å². The van der Waals surface area contributed by atoms with Crippen LogP contribution in [-0.2, 0) is 9.59 Å². The Morgan fingerprint density at radius 3 is 2.73 bits per heavy atom. The number of nitrogens with zero attached hydrogens (tertiary/aromatic N) is 1. The molecule has 0 bridgehead atoms. The summed E-state index contributed by atoms with van der Waals surface area (Å²) in [4.78, 5) is 26.8. The molecular weight excluding hydrogens is 328 g/mol. The molecule has 2 rings (SSSR count). The highest BCUT2D eigenvalue weighted by molar-refractivity contribution is 6.00. The molecule has 1 N–H and O–H groups in total. The van der Waals surface area contributed by atoms with Crippen LogP contribution in [0.2, 0.25) is 0 Å². The first-order chi connectivity index (χ1) is 12.2. The first-order valence-corrected chi connectivity index (χ1v) is 9.63. The zero-order chi connectivity index (χ0) is 19.3. The Labute approximate surface area is 157 Å². The Kier molecular flexibility index (Phi) is 6.68. The van der Waals surface area contributed by atoms with Crippen LogP contribution < -0.4 is 15.0 Å². The summed E-state index contributed by atoms with van der Waals surface area (Å²) in [7, 11) is 0. The number of carbonyl (C=O) groups is 2. The summed E-state index contributed by atoms with van der Waals surface area (Å²) in [5.74, 6) is 1.25.